The summed E-state index contributed by atoms with van der Waals surface area (Å²) in [5.41, 5.74) is 4.20. The summed E-state index contributed by atoms with van der Waals surface area (Å²) in [6.45, 7) is 27.8. The van der Waals surface area contributed by atoms with E-state index in [2.05, 4.69) is 95.2 Å². The van der Waals surface area contributed by atoms with Crippen LogP contribution in [0.1, 0.15) is 99.8 Å². The van der Waals surface area contributed by atoms with Gasteiger partial charge < -0.3 is 28.8 Å². The van der Waals surface area contributed by atoms with Crippen LogP contribution in [0.4, 0.5) is 0 Å². The molecular formula is C43H60O7. The summed E-state index contributed by atoms with van der Waals surface area (Å²) < 4.78 is 31.0. The van der Waals surface area contributed by atoms with Crippen molar-refractivity contribution >= 4 is 11.4 Å². The SMILES string of the molecule is CC(C)(C)C1=CC(=C(c2cc(C(C)(C)C)c(O)c(C(C)(C)C)c2)C2COCCOCCOCCOc3ccccc3O2)C=C(C(C)(C)C)C1=O. The van der Waals surface area contributed by atoms with Crippen LogP contribution in [-0.2, 0) is 29.8 Å². The molecule has 0 fully saturated rings. The number of phenolic OH excluding ortho intramolecular Hbond substituents is 1. The first kappa shape index (κ1) is 39.4. The first-order valence-electron chi connectivity index (χ1n) is 17.9. The zero-order chi connectivity index (χ0) is 37.1. The second-order valence-corrected chi connectivity index (χ2v) is 17.4. The average molecular weight is 689 g/mol. The van der Waals surface area contributed by atoms with Gasteiger partial charge in [-0.1, -0.05) is 95.2 Å². The molecule has 0 radical (unpaired) electrons. The quantitative estimate of drug-likeness (QED) is 0.337. The minimum Gasteiger partial charge on any atom is -0.507 e. The lowest BCUT2D eigenvalue weighted by Crippen LogP contribution is -2.30. The third-order valence-electron chi connectivity index (χ3n) is 8.99. The van der Waals surface area contributed by atoms with Crippen molar-refractivity contribution < 1.29 is 33.6 Å². The first-order chi connectivity index (χ1) is 23.2. The van der Waals surface area contributed by atoms with Crippen molar-refractivity contribution in [2.75, 3.05) is 46.2 Å². The van der Waals surface area contributed by atoms with Crippen LogP contribution in [0.15, 0.2) is 65.3 Å². The Hall–Kier alpha value is -3.39. The van der Waals surface area contributed by atoms with Crippen molar-refractivity contribution in [3.05, 3.63) is 82.0 Å². The monoisotopic (exact) mass is 688 g/mol. The zero-order valence-corrected chi connectivity index (χ0v) is 32.5. The highest BCUT2D eigenvalue weighted by Gasteiger charge is 2.37. The molecular weight excluding hydrogens is 628 g/mol. The van der Waals surface area contributed by atoms with Gasteiger partial charge in [-0.2, -0.15) is 0 Å². The van der Waals surface area contributed by atoms with Crippen LogP contribution in [0.2, 0.25) is 0 Å². The number of para-hydroxylation sites is 2. The Kier molecular flexibility index (Phi) is 12.2. The number of Topliss-reactive ketones (excluding diaryl/α,β-unsaturated/α-hetero) is 1. The van der Waals surface area contributed by atoms with Crippen LogP contribution in [-0.4, -0.2) is 63.2 Å². The molecule has 1 aliphatic carbocycles. The fourth-order valence-electron chi connectivity index (χ4n) is 6.21. The summed E-state index contributed by atoms with van der Waals surface area (Å²) >= 11 is 0. The van der Waals surface area contributed by atoms with E-state index in [1.165, 1.54) is 0 Å². The van der Waals surface area contributed by atoms with Crippen molar-refractivity contribution in [2.24, 2.45) is 10.8 Å². The van der Waals surface area contributed by atoms with Gasteiger partial charge in [-0.25, -0.2) is 0 Å². The molecule has 1 aliphatic heterocycles. The van der Waals surface area contributed by atoms with Gasteiger partial charge in [-0.15, -0.1) is 0 Å². The third-order valence-corrected chi connectivity index (χ3v) is 8.99. The van der Waals surface area contributed by atoms with Gasteiger partial charge in [-0.05, 0) is 69.2 Å². The van der Waals surface area contributed by atoms with E-state index in [1.807, 2.05) is 36.4 Å². The summed E-state index contributed by atoms with van der Waals surface area (Å²) in [7, 11) is 0. The molecule has 0 saturated carbocycles. The number of rotatable bonds is 2. The molecule has 2 aliphatic rings. The number of aromatic hydroxyl groups is 1. The predicted octanol–water partition coefficient (Wildman–Crippen LogP) is 9.16. The summed E-state index contributed by atoms with van der Waals surface area (Å²) in [6, 6.07) is 11.8. The maximum atomic E-state index is 14.1. The molecule has 0 aromatic heterocycles. The van der Waals surface area contributed by atoms with Crippen molar-refractivity contribution in [3.8, 4) is 17.2 Å². The number of ketones is 1. The molecule has 0 bridgehead atoms. The molecule has 50 heavy (non-hydrogen) atoms. The number of phenols is 1. The topological polar surface area (TPSA) is 83.5 Å². The van der Waals surface area contributed by atoms with Crippen molar-refractivity contribution in [1.29, 1.82) is 0 Å². The highest BCUT2D eigenvalue weighted by atomic mass is 16.6. The second-order valence-electron chi connectivity index (χ2n) is 17.4. The third kappa shape index (κ3) is 9.68. The van der Waals surface area contributed by atoms with E-state index in [-0.39, 0.29) is 23.2 Å². The number of ether oxygens (including phenoxy) is 5. The number of carbonyl (C=O) groups excluding carboxylic acids is 1. The van der Waals surface area contributed by atoms with Crippen LogP contribution in [0.5, 0.6) is 17.2 Å². The summed E-state index contributed by atoms with van der Waals surface area (Å²) in [5, 5.41) is 11.7. The Labute approximate surface area is 300 Å². The highest BCUT2D eigenvalue weighted by molar-refractivity contribution is 6.12. The van der Waals surface area contributed by atoms with Gasteiger partial charge in [0.15, 0.2) is 17.3 Å². The molecule has 7 heteroatoms. The van der Waals surface area contributed by atoms with Crippen molar-refractivity contribution in [1.82, 2.24) is 0 Å². The van der Waals surface area contributed by atoms with Crippen molar-refractivity contribution in [3.63, 3.8) is 0 Å². The average Bonchev–Trinajstić information content (AvgIpc) is 3.00. The lowest BCUT2D eigenvalue weighted by molar-refractivity contribution is -0.114. The minimum absolute atomic E-state index is 0.0573. The molecule has 0 amide bonds. The Balaban J connectivity index is 2.11. The summed E-state index contributed by atoms with van der Waals surface area (Å²) in [5.74, 6) is 1.53. The Morgan fingerprint density at radius 1 is 0.640 bits per heavy atom. The van der Waals surface area contributed by atoms with Crippen LogP contribution < -0.4 is 9.47 Å². The van der Waals surface area contributed by atoms with Crippen LogP contribution >= 0.6 is 0 Å². The Bertz CT molecular complexity index is 1540. The molecule has 0 spiro atoms. The first-order valence-corrected chi connectivity index (χ1v) is 17.9. The number of benzene rings is 2. The van der Waals surface area contributed by atoms with Gasteiger partial charge in [0.2, 0.25) is 0 Å². The summed E-state index contributed by atoms with van der Waals surface area (Å²) in [6.07, 6.45) is 3.44. The Morgan fingerprint density at radius 2 is 1.10 bits per heavy atom. The molecule has 1 unspecified atom stereocenters. The van der Waals surface area contributed by atoms with E-state index in [4.69, 9.17) is 23.7 Å². The molecule has 0 saturated heterocycles. The standard InChI is InChI=1S/C43H60O7/c1-40(2,3)30-23-28(24-31(38(30)44)41(4,5)6)37(29-25-32(42(7,8)9)39(45)33(26-29)43(10,11)12)36-27-48-20-19-46-17-18-47-21-22-49-34-15-13-14-16-35(34)50-36/h13-16,23-26,36,44H,17-22,27H2,1-12H3. The van der Waals surface area contributed by atoms with Crippen LogP contribution in [0.3, 0.4) is 0 Å². The maximum absolute atomic E-state index is 14.1. The van der Waals surface area contributed by atoms with Gasteiger partial charge in [-0.3, -0.25) is 4.79 Å². The van der Waals surface area contributed by atoms with Gasteiger partial charge in [0.05, 0.1) is 39.6 Å². The summed E-state index contributed by atoms with van der Waals surface area (Å²) in [4.78, 5) is 14.1. The van der Waals surface area contributed by atoms with E-state index in [0.717, 1.165) is 39.0 Å². The number of hydrogen-bond donors (Lipinski definition) is 1. The maximum Gasteiger partial charge on any atom is 0.186 e. The predicted molar refractivity (Wildman–Crippen MR) is 201 cm³/mol. The Morgan fingerprint density at radius 3 is 1.58 bits per heavy atom. The second kappa shape index (κ2) is 15.5. The number of allylic oxidation sites excluding steroid dienone is 5. The molecule has 1 heterocycles. The fraction of sp³-hybridized carbons (Fsp3) is 0.558. The van der Waals surface area contributed by atoms with E-state index < -0.39 is 16.9 Å². The largest absolute Gasteiger partial charge is 0.507 e. The zero-order valence-electron chi connectivity index (χ0n) is 32.5. The van der Waals surface area contributed by atoms with Gasteiger partial charge >= 0.3 is 0 Å². The molecule has 1 N–H and O–H groups in total. The lowest BCUT2D eigenvalue weighted by atomic mass is 9.70. The van der Waals surface area contributed by atoms with Gasteiger partial charge in [0.25, 0.3) is 0 Å². The molecule has 274 valence electrons. The fourth-order valence-corrected chi connectivity index (χ4v) is 6.21. The molecule has 7 nitrogen and oxygen atoms in total. The highest BCUT2D eigenvalue weighted by Crippen LogP contribution is 2.45. The molecule has 2 aromatic carbocycles. The van der Waals surface area contributed by atoms with Crippen LogP contribution in [0, 0.1) is 10.8 Å². The number of fused-ring (bicyclic) bond motifs is 1. The molecule has 1 atom stereocenters. The van der Waals surface area contributed by atoms with E-state index in [0.29, 0.717) is 56.9 Å². The smallest absolute Gasteiger partial charge is 0.186 e. The van der Waals surface area contributed by atoms with Gasteiger partial charge in [0.1, 0.15) is 18.5 Å². The van der Waals surface area contributed by atoms with E-state index in [1.54, 1.807) is 0 Å². The normalized spacial score (nSPS) is 19.2. The van der Waals surface area contributed by atoms with E-state index >= 15 is 0 Å². The van der Waals surface area contributed by atoms with Crippen LogP contribution in [0.25, 0.3) is 5.57 Å². The van der Waals surface area contributed by atoms with Crippen molar-refractivity contribution in [2.45, 2.75) is 100 Å². The lowest BCUT2D eigenvalue weighted by Gasteiger charge is -2.34. The number of hydrogen-bond acceptors (Lipinski definition) is 7. The minimum atomic E-state index is -0.635. The van der Waals surface area contributed by atoms with Gasteiger partial charge in [0, 0.05) is 27.8 Å². The molecule has 2 aromatic rings. The van der Waals surface area contributed by atoms with E-state index in [9.17, 15) is 9.90 Å². The number of carbonyl (C=O) groups is 1. The molecule has 4 rings (SSSR count).